The molecule has 85 heavy (non-hydrogen) atoms. The van der Waals surface area contributed by atoms with Gasteiger partial charge in [-0.05, 0) is 242 Å². The average Bonchev–Trinajstić information content (AvgIpc) is 3.60. The maximum atomic E-state index is 11.0. The summed E-state index contributed by atoms with van der Waals surface area (Å²) in [7, 11) is 1.67. The maximum absolute atomic E-state index is 11.0. The molecule has 0 aromatic rings. The predicted molar refractivity (Wildman–Crippen MR) is 376 cm³/mol. The lowest BCUT2D eigenvalue weighted by molar-refractivity contribution is -0.130. The van der Waals surface area contributed by atoms with E-state index in [1.165, 1.54) is 161 Å². The lowest BCUT2D eigenvalue weighted by Crippen LogP contribution is -2.50. The summed E-state index contributed by atoms with van der Waals surface area (Å²) in [4.78, 5) is 37.9. The van der Waals surface area contributed by atoms with E-state index >= 15 is 0 Å². The normalized spacial score (nSPS) is 23.7. The van der Waals surface area contributed by atoms with E-state index in [0.29, 0.717) is 29.7 Å². The zero-order valence-corrected chi connectivity index (χ0v) is 62.1. The van der Waals surface area contributed by atoms with E-state index in [4.69, 9.17) is 0 Å². The second kappa shape index (κ2) is 44.3. The average molecular weight is 1220 g/mol. The van der Waals surface area contributed by atoms with Crippen LogP contribution in [0.25, 0.3) is 0 Å². The zero-order valence-electron chi connectivity index (χ0n) is 61.3. The van der Waals surface area contributed by atoms with Gasteiger partial charge in [0.1, 0.15) is 0 Å². The molecule has 0 N–H and O–H groups in total. The van der Waals surface area contributed by atoms with Gasteiger partial charge in [0, 0.05) is 199 Å². The molecular weight excluding hydrogens is 1070 g/mol. The molecule has 8 saturated heterocycles. The van der Waals surface area contributed by atoms with Crippen LogP contribution in [0.15, 0.2) is 12.3 Å². The third-order valence-electron chi connectivity index (χ3n) is 19.6. The molecule has 8 aliphatic heterocycles. The van der Waals surface area contributed by atoms with Crippen molar-refractivity contribution in [1.29, 1.82) is 0 Å². The highest BCUT2D eigenvalue weighted by molar-refractivity contribution is 7.85. The fourth-order valence-corrected chi connectivity index (χ4v) is 14.1. The number of rotatable bonds is 9. The first-order chi connectivity index (χ1) is 39.8. The van der Waals surface area contributed by atoms with Crippen LogP contribution in [0, 0.1) is 5.92 Å². The van der Waals surface area contributed by atoms with E-state index in [9.17, 15) is 9.00 Å². The van der Waals surface area contributed by atoms with Gasteiger partial charge < -0.3 is 19.6 Å². The molecule has 506 valence electrons. The third-order valence-corrected chi connectivity index (χ3v) is 20.8. The second-order valence-corrected chi connectivity index (χ2v) is 31.4. The van der Waals surface area contributed by atoms with Gasteiger partial charge in [0.05, 0.1) is 0 Å². The van der Waals surface area contributed by atoms with Gasteiger partial charge in [0.2, 0.25) is 5.91 Å². The number of carbonyl (C=O) groups is 1. The van der Waals surface area contributed by atoms with Crippen LogP contribution in [0.2, 0.25) is 0 Å². The molecule has 8 heterocycles. The minimum atomic E-state index is -0.519. The molecule has 0 aliphatic carbocycles. The van der Waals surface area contributed by atoms with Crippen molar-refractivity contribution in [2.75, 3.05) is 143 Å². The molecule has 8 aliphatic rings. The SMILES string of the molecule is C=C1CCCCN1C(C)C.CC(=O)N1CCN(C(C)C)CC1.CC(C)N1CCCCC1(C)C.CC(C)N1CCCC[C@H]1C.CC(C)N1CCN(C(C)C)CC1.CC(C)N1CCN(C)CC1.CC(C)N1CCS(=O)CC1.CC1CCN(C(C)C)CC1. The smallest absolute Gasteiger partial charge is 0.219 e. The summed E-state index contributed by atoms with van der Waals surface area (Å²) in [6.45, 7) is 78.1. The number of likely N-dealkylation sites (tertiary alicyclic amines) is 4. The van der Waals surface area contributed by atoms with Crippen molar-refractivity contribution in [3.05, 3.63) is 12.3 Å². The van der Waals surface area contributed by atoms with Crippen molar-refractivity contribution in [2.24, 2.45) is 5.92 Å². The number of hydrogen-bond acceptors (Lipinski definition) is 12. The Bertz CT molecular complexity index is 1640. The van der Waals surface area contributed by atoms with Crippen LogP contribution in [0.1, 0.15) is 230 Å². The highest BCUT2D eigenvalue weighted by Crippen LogP contribution is 2.29. The number of allylic oxidation sites excluding steroid dienone is 1. The molecule has 1 amide bonds. The first-order valence-corrected chi connectivity index (χ1v) is 37.0. The summed E-state index contributed by atoms with van der Waals surface area (Å²) in [5.74, 6) is 2.92. The fourth-order valence-electron chi connectivity index (χ4n) is 13.0. The molecule has 0 saturated carbocycles. The zero-order chi connectivity index (χ0) is 64.6. The first kappa shape index (κ1) is 81.8. The van der Waals surface area contributed by atoms with Gasteiger partial charge in [-0.25, -0.2) is 0 Å². The van der Waals surface area contributed by atoms with Crippen LogP contribution in [0.3, 0.4) is 0 Å². The number of nitrogens with zero attached hydrogens (tertiary/aromatic N) is 11. The van der Waals surface area contributed by atoms with Crippen molar-refractivity contribution >= 4 is 16.7 Å². The van der Waals surface area contributed by atoms with Crippen molar-refractivity contribution in [1.82, 2.24) is 53.9 Å². The Hall–Kier alpha value is -1.20. The molecule has 8 fully saturated rings. The Morgan fingerprint density at radius 1 is 0.447 bits per heavy atom. The predicted octanol–water partition coefficient (Wildman–Crippen LogP) is 12.5. The molecule has 8 rings (SSSR count). The molecule has 0 unspecified atom stereocenters. The Labute approximate surface area is 533 Å². The summed E-state index contributed by atoms with van der Waals surface area (Å²) in [5, 5.41) is 0. The Kier molecular flexibility index (Phi) is 42.7. The Morgan fingerprint density at radius 3 is 1.16 bits per heavy atom. The van der Waals surface area contributed by atoms with Gasteiger partial charge in [0.25, 0.3) is 0 Å². The Balaban J connectivity index is 0.000000486. The quantitative estimate of drug-likeness (QED) is 0.221. The van der Waals surface area contributed by atoms with Crippen LogP contribution in [0.4, 0.5) is 0 Å². The van der Waals surface area contributed by atoms with E-state index in [1.807, 2.05) is 4.90 Å². The van der Waals surface area contributed by atoms with Crippen LogP contribution >= 0.6 is 0 Å². The minimum absolute atomic E-state index is 0.207. The van der Waals surface area contributed by atoms with Gasteiger partial charge in [-0.2, -0.15) is 0 Å². The number of piperidine rings is 4. The van der Waals surface area contributed by atoms with E-state index < -0.39 is 10.8 Å². The third kappa shape index (κ3) is 34.7. The summed E-state index contributed by atoms with van der Waals surface area (Å²) in [5.41, 5.74) is 1.79. The molecule has 14 heteroatoms. The van der Waals surface area contributed by atoms with Crippen molar-refractivity contribution in [3.8, 4) is 0 Å². The molecule has 0 bridgehead atoms. The van der Waals surface area contributed by atoms with Crippen LogP contribution in [-0.4, -0.2) is 273 Å². The van der Waals surface area contributed by atoms with Gasteiger partial charge >= 0.3 is 0 Å². The second-order valence-electron chi connectivity index (χ2n) is 29.7. The minimum Gasteiger partial charge on any atom is -0.373 e. The highest BCUT2D eigenvalue weighted by atomic mass is 32.2. The van der Waals surface area contributed by atoms with Crippen LogP contribution in [0.5, 0.6) is 0 Å². The molecule has 1 atom stereocenters. The number of likely N-dealkylation sites (N-methyl/N-ethyl adjacent to an activating group) is 1. The number of hydrogen-bond donors (Lipinski definition) is 0. The van der Waals surface area contributed by atoms with E-state index in [0.717, 1.165) is 92.9 Å². The molecular formula is C71H149N11O2S. The van der Waals surface area contributed by atoms with Crippen molar-refractivity contribution < 1.29 is 9.00 Å². The van der Waals surface area contributed by atoms with E-state index in [2.05, 4.69) is 215 Å². The standard InChI is InChI=1S/C10H22N2.C10H21N.C9H18N2O.2C9H19N.C9H17N.C8H18N2.C7H15NOS/c1-9(2)11-5-7-12(8-6-11)10(3)4;1-9(2)11-8-6-5-7-10(11,3)4;1-8(2)10-4-6-11(7-5-10)9(3)12;1-8(2)10-6-4-9(3)5-7-10;2*1-8(2)10-7-5-4-6-9(10)3;1-8(2)10-6-4-9(3)5-7-10;1-7(2)8-3-5-10(9)6-4-8/h9-10H,5-8H2,1-4H3;9H,5-8H2,1-4H3;8H,4-7H2,1-3H3;2*8-9H,4-7H2,1-3H3;8H,3-7H2,1-2H3;8H,4-7H2,1-3H3;7H,3-6H2,1-2H3/t;;;;9-;;;/m....1.../s1. The highest BCUT2D eigenvalue weighted by Gasteiger charge is 2.31. The summed E-state index contributed by atoms with van der Waals surface area (Å²) >= 11 is 0. The monoisotopic (exact) mass is 1220 g/mol. The fraction of sp³-hybridized carbons (Fsp3) is 0.958. The van der Waals surface area contributed by atoms with Gasteiger partial charge in [-0.3, -0.25) is 43.3 Å². The van der Waals surface area contributed by atoms with Crippen LogP contribution in [-0.2, 0) is 15.6 Å². The molecule has 0 spiro atoms. The maximum Gasteiger partial charge on any atom is 0.219 e. The van der Waals surface area contributed by atoms with Gasteiger partial charge in [-0.1, -0.05) is 26.3 Å². The molecule has 0 aromatic carbocycles. The molecule has 0 radical (unpaired) electrons. The van der Waals surface area contributed by atoms with Gasteiger partial charge in [-0.15, -0.1) is 0 Å². The summed E-state index contributed by atoms with van der Waals surface area (Å²) in [6, 6.07) is 7.10. The summed E-state index contributed by atoms with van der Waals surface area (Å²) in [6.07, 6.45) is 15.1. The van der Waals surface area contributed by atoms with Crippen molar-refractivity contribution in [3.63, 3.8) is 0 Å². The van der Waals surface area contributed by atoms with E-state index in [1.54, 1.807) is 6.92 Å². The lowest BCUT2D eigenvalue weighted by Gasteiger charge is -2.45. The van der Waals surface area contributed by atoms with Gasteiger partial charge in [0.15, 0.2) is 0 Å². The topological polar surface area (TPSA) is 69.8 Å². The van der Waals surface area contributed by atoms with Crippen LogP contribution < -0.4 is 0 Å². The summed E-state index contributed by atoms with van der Waals surface area (Å²) < 4.78 is 10.9. The largest absolute Gasteiger partial charge is 0.373 e. The molecule has 13 nitrogen and oxygen atoms in total. The number of amides is 1. The van der Waals surface area contributed by atoms with Crippen molar-refractivity contribution in [2.45, 2.75) is 296 Å². The first-order valence-electron chi connectivity index (χ1n) is 35.5. The molecule has 0 aromatic heterocycles. The number of piperazine rings is 3. The Morgan fingerprint density at radius 2 is 0.835 bits per heavy atom. The van der Waals surface area contributed by atoms with E-state index in [-0.39, 0.29) is 5.91 Å². The number of carbonyl (C=O) groups excluding carboxylic acids is 1. The lowest BCUT2D eigenvalue weighted by atomic mass is 9.89.